The molecule has 1 unspecified atom stereocenters. The second kappa shape index (κ2) is 4.44. The highest BCUT2D eigenvalue weighted by molar-refractivity contribution is 5.43. The third-order valence-corrected chi connectivity index (χ3v) is 3.56. The van der Waals surface area contributed by atoms with E-state index in [0.29, 0.717) is 11.5 Å². The van der Waals surface area contributed by atoms with E-state index >= 15 is 0 Å². The Kier molecular flexibility index (Phi) is 3.17. The summed E-state index contributed by atoms with van der Waals surface area (Å²) in [5.74, 6) is 1.06. The lowest BCUT2D eigenvalue weighted by molar-refractivity contribution is 0.229. The number of aryl methyl sites for hydroxylation is 1. The van der Waals surface area contributed by atoms with E-state index < -0.39 is 0 Å². The van der Waals surface area contributed by atoms with Gasteiger partial charge in [0.05, 0.1) is 0 Å². The quantitative estimate of drug-likeness (QED) is 0.817. The van der Waals surface area contributed by atoms with Gasteiger partial charge >= 0.3 is 0 Å². The molecule has 0 aromatic carbocycles. The minimum atomic E-state index is 0.485. The van der Waals surface area contributed by atoms with Gasteiger partial charge < -0.3 is 5.32 Å². The molecule has 2 heteroatoms. The zero-order chi connectivity index (χ0) is 11.6. The third kappa shape index (κ3) is 2.75. The second-order valence-electron chi connectivity index (χ2n) is 5.77. The first kappa shape index (κ1) is 11.4. The minimum absolute atomic E-state index is 0.485. The highest BCUT2D eigenvalue weighted by atomic mass is 15.0. The lowest BCUT2D eigenvalue weighted by atomic mass is 9.75. The van der Waals surface area contributed by atoms with E-state index in [1.165, 1.54) is 31.2 Å². The smallest absolute Gasteiger partial charge is 0.129 e. The summed E-state index contributed by atoms with van der Waals surface area (Å²) >= 11 is 0. The molecule has 1 atom stereocenters. The molecule has 1 fully saturated rings. The van der Waals surface area contributed by atoms with Gasteiger partial charge in [-0.3, -0.25) is 0 Å². The number of hydrogen-bond donors (Lipinski definition) is 1. The van der Waals surface area contributed by atoms with Crippen molar-refractivity contribution in [3.63, 3.8) is 0 Å². The van der Waals surface area contributed by atoms with Crippen molar-refractivity contribution in [2.24, 2.45) is 5.41 Å². The van der Waals surface area contributed by atoms with Crippen LogP contribution in [-0.4, -0.2) is 11.0 Å². The highest BCUT2D eigenvalue weighted by Crippen LogP contribution is 2.36. The van der Waals surface area contributed by atoms with Crippen LogP contribution in [-0.2, 0) is 0 Å². The first-order valence-electron chi connectivity index (χ1n) is 6.25. The predicted molar refractivity (Wildman–Crippen MR) is 68.6 cm³/mol. The third-order valence-electron chi connectivity index (χ3n) is 3.56. The minimum Gasteiger partial charge on any atom is -0.367 e. The Bertz CT molecular complexity index is 358. The van der Waals surface area contributed by atoms with Crippen LogP contribution in [0.1, 0.15) is 45.1 Å². The van der Waals surface area contributed by atoms with E-state index in [1.54, 1.807) is 0 Å². The van der Waals surface area contributed by atoms with E-state index in [4.69, 9.17) is 0 Å². The van der Waals surface area contributed by atoms with Crippen LogP contribution in [0.3, 0.4) is 0 Å². The lowest BCUT2D eigenvalue weighted by Crippen LogP contribution is -2.32. The fraction of sp³-hybridized carbons (Fsp3) is 0.643. The van der Waals surface area contributed by atoms with Gasteiger partial charge in [-0.05, 0) is 43.2 Å². The maximum Gasteiger partial charge on any atom is 0.129 e. The molecule has 1 heterocycles. The molecular weight excluding hydrogens is 196 g/mol. The van der Waals surface area contributed by atoms with E-state index in [9.17, 15) is 0 Å². The molecule has 1 N–H and O–H groups in total. The van der Waals surface area contributed by atoms with Gasteiger partial charge in [0, 0.05) is 12.2 Å². The molecule has 1 aromatic heterocycles. The van der Waals surface area contributed by atoms with Crippen LogP contribution in [0.5, 0.6) is 0 Å². The molecule has 1 aromatic rings. The SMILES string of the molecule is Cc1cccnc1NC1CCCC(C)(C)C1. The summed E-state index contributed by atoms with van der Waals surface area (Å²) < 4.78 is 0. The average molecular weight is 218 g/mol. The number of pyridine rings is 1. The molecule has 0 spiro atoms. The largest absolute Gasteiger partial charge is 0.367 e. The van der Waals surface area contributed by atoms with Gasteiger partial charge in [-0.25, -0.2) is 4.98 Å². The molecule has 0 bridgehead atoms. The molecule has 0 saturated heterocycles. The molecule has 16 heavy (non-hydrogen) atoms. The van der Waals surface area contributed by atoms with E-state index in [2.05, 4.69) is 37.1 Å². The van der Waals surface area contributed by atoms with Crippen LogP contribution >= 0.6 is 0 Å². The van der Waals surface area contributed by atoms with Gasteiger partial charge in [0.15, 0.2) is 0 Å². The molecule has 0 aliphatic heterocycles. The fourth-order valence-electron chi connectivity index (χ4n) is 2.65. The summed E-state index contributed by atoms with van der Waals surface area (Å²) in [7, 11) is 0. The summed E-state index contributed by atoms with van der Waals surface area (Å²) in [5.41, 5.74) is 1.73. The van der Waals surface area contributed by atoms with E-state index in [1.807, 2.05) is 12.3 Å². The van der Waals surface area contributed by atoms with E-state index in [0.717, 1.165) is 5.82 Å². The van der Waals surface area contributed by atoms with Crippen LogP contribution in [0.4, 0.5) is 5.82 Å². The molecule has 1 aliphatic rings. The van der Waals surface area contributed by atoms with Crippen molar-refractivity contribution >= 4 is 5.82 Å². The maximum absolute atomic E-state index is 4.41. The Morgan fingerprint density at radius 1 is 1.44 bits per heavy atom. The molecule has 2 rings (SSSR count). The van der Waals surface area contributed by atoms with Gasteiger partial charge in [-0.1, -0.05) is 26.3 Å². The topological polar surface area (TPSA) is 24.9 Å². The van der Waals surface area contributed by atoms with Gasteiger partial charge in [-0.15, -0.1) is 0 Å². The average Bonchev–Trinajstić information content (AvgIpc) is 2.20. The summed E-state index contributed by atoms with van der Waals surface area (Å²) in [4.78, 5) is 4.41. The normalized spacial score (nSPS) is 24.1. The van der Waals surface area contributed by atoms with Crippen LogP contribution in [0.2, 0.25) is 0 Å². The Hall–Kier alpha value is -1.05. The Labute approximate surface area is 98.5 Å². The first-order chi connectivity index (χ1) is 7.57. The number of nitrogens with one attached hydrogen (secondary N) is 1. The summed E-state index contributed by atoms with van der Waals surface area (Å²) in [5, 5.41) is 3.59. The molecule has 2 nitrogen and oxygen atoms in total. The Morgan fingerprint density at radius 3 is 2.94 bits per heavy atom. The number of rotatable bonds is 2. The molecule has 0 radical (unpaired) electrons. The van der Waals surface area contributed by atoms with Crippen LogP contribution in [0, 0.1) is 12.3 Å². The van der Waals surface area contributed by atoms with E-state index in [-0.39, 0.29) is 0 Å². The lowest BCUT2D eigenvalue weighted by Gasteiger charge is -2.36. The monoisotopic (exact) mass is 218 g/mol. The fourth-order valence-corrected chi connectivity index (χ4v) is 2.65. The molecule has 1 aliphatic carbocycles. The predicted octanol–water partition coefficient (Wildman–Crippen LogP) is 3.77. The van der Waals surface area contributed by atoms with Gasteiger partial charge in [0.25, 0.3) is 0 Å². The maximum atomic E-state index is 4.41. The number of aromatic nitrogens is 1. The van der Waals surface area contributed by atoms with Gasteiger partial charge in [-0.2, -0.15) is 0 Å². The van der Waals surface area contributed by atoms with Crippen molar-refractivity contribution in [3.8, 4) is 0 Å². The zero-order valence-electron chi connectivity index (χ0n) is 10.6. The molecule has 88 valence electrons. The number of anilines is 1. The van der Waals surface area contributed by atoms with Gasteiger partial charge in [0.1, 0.15) is 5.82 Å². The summed E-state index contributed by atoms with van der Waals surface area (Å²) in [6.07, 6.45) is 7.08. The van der Waals surface area contributed by atoms with Crippen molar-refractivity contribution in [2.75, 3.05) is 5.32 Å². The summed E-state index contributed by atoms with van der Waals surface area (Å²) in [6, 6.07) is 4.70. The zero-order valence-corrected chi connectivity index (χ0v) is 10.6. The van der Waals surface area contributed by atoms with Gasteiger partial charge in [0.2, 0.25) is 0 Å². The molecule has 1 saturated carbocycles. The summed E-state index contributed by atoms with van der Waals surface area (Å²) in [6.45, 7) is 6.85. The van der Waals surface area contributed by atoms with Crippen LogP contribution < -0.4 is 5.32 Å². The standard InChI is InChI=1S/C14H22N2/c1-11-6-5-9-15-13(11)16-12-7-4-8-14(2,3)10-12/h5-6,9,12H,4,7-8,10H2,1-3H3,(H,15,16). The highest BCUT2D eigenvalue weighted by Gasteiger charge is 2.28. The molecule has 0 amide bonds. The number of nitrogens with zero attached hydrogens (tertiary/aromatic N) is 1. The Morgan fingerprint density at radius 2 is 2.25 bits per heavy atom. The van der Waals surface area contributed by atoms with Crippen molar-refractivity contribution in [1.82, 2.24) is 4.98 Å². The van der Waals surface area contributed by atoms with Crippen LogP contribution in [0.15, 0.2) is 18.3 Å². The van der Waals surface area contributed by atoms with Crippen molar-refractivity contribution < 1.29 is 0 Å². The number of hydrogen-bond acceptors (Lipinski definition) is 2. The van der Waals surface area contributed by atoms with Crippen LogP contribution in [0.25, 0.3) is 0 Å². The van der Waals surface area contributed by atoms with Crippen molar-refractivity contribution in [1.29, 1.82) is 0 Å². The first-order valence-corrected chi connectivity index (χ1v) is 6.25. The Balaban J connectivity index is 2.02. The molecular formula is C14H22N2. The van der Waals surface area contributed by atoms with Crippen molar-refractivity contribution in [3.05, 3.63) is 23.9 Å². The second-order valence-corrected chi connectivity index (χ2v) is 5.77. The van der Waals surface area contributed by atoms with Crippen molar-refractivity contribution in [2.45, 2.75) is 52.5 Å².